The Morgan fingerprint density at radius 2 is 1.69 bits per heavy atom. The molecular formula is C13H22O3. The van der Waals surface area contributed by atoms with Crippen LogP contribution in [0.25, 0.3) is 0 Å². The SMILES string of the molecule is CC.CC.COc1cc(C)ccc1C(=O)O. The number of hydrogen-bond acceptors (Lipinski definition) is 2. The minimum atomic E-state index is -0.966. The normalized spacial score (nSPS) is 7.88. The molecule has 0 aliphatic rings. The van der Waals surface area contributed by atoms with Crippen molar-refractivity contribution in [3.8, 4) is 5.75 Å². The average Bonchev–Trinajstić information content (AvgIpc) is 2.33. The molecule has 0 fully saturated rings. The number of rotatable bonds is 2. The van der Waals surface area contributed by atoms with Gasteiger partial charge in [-0.2, -0.15) is 0 Å². The summed E-state index contributed by atoms with van der Waals surface area (Å²) in [5, 5.41) is 8.71. The lowest BCUT2D eigenvalue weighted by Crippen LogP contribution is -2.00. The zero-order chi connectivity index (χ0) is 13.1. The summed E-state index contributed by atoms with van der Waals surface area (Å²) in [6.07, 6.45) is 0. The van der Waals surface area contributed by atoms with Gasteiger partial charge in [-0.15, -0.1) is 0 Å². The maximum Gasteiger partial charge on any atom is 0.339 e. The predicted molar refractivity (Wildman–Crippen MR) is 67.4 cm³/mol. The zero-order valence-electron chi connectivity index (χ0n) is 11.0. The zero-order valence-corrected chi connectivity index (χ0v) is 11.0. The Morgan fingerprint density at radius 3 is 2.06 bits per heavy atom. The van der Waals surface area contributed by atoms with Crippen LogP contribution in [-0.4, -0.2) is 18.2 Å². The van der Waals surface area contributed by atoms with Crippen LogP contribution in [0.15, 0.2) is 18.2 Å². The van der Waals surface area contributed by atoms with Crippen molar-refractivity contribution in [3.05, 3.63) is 29.3 Å². The molecule has 1 aromatic carbocycles. The Labute approximate surface area is 98.1 Å². The molecule has 0 atom stereocenters. The van der Waals surface area contributed by atoms with Crippen LogP contribution in [-0.2, 0) is 0 Å². The summed E-state index contributed by atoms with van der Waals surface area (Å²) < 4.78 is 4.91. The van der Waals surface area contributed by atoms with E-state index in [1.807, 2.05) is 34.6 Å². The summed E-state index contributed by atoms with van der Waals surface area (Å²) in [6, 6.07) is 4.98. The second kappa shape index (κ2) is 10.0. The Bertz CT molecular complexity index is 306. The lowest BCUT2D eigenvalue weighted by molar-refractivity contribution is 0.0693. The van der Waals surface area contributed by atoms with Crippen molar-refractivity contribution in [2.75, 3.05) is 7.11 Å². The van der Waals surface area contributed by atoms with Crippen molar-refractivity contribution in [1.82, 2.24) is 0 Å². The highest BCUT2D eigenvalue weighted by molar-refractivity contribution is 5.90. The highest BCUT2D eigenvalue weighted by Crippen LogP contribution is 2.19. The van der Waals surface area contributed by atoms with E-state index in [9.17, 15) is 4.79 Å². The molecule has 0 spiro atoms. The van der Waals surface area contributed by atoms with E-state index in [1.165, 1.54) is 13.2 Å². The van der Waals surface area contributed by atoms with Crippen molar-refractivity contribution in [2.24, 2.45) is 0 Å². The van der Waals surface area contributed by atoms with Crippen molar-refractivity contribution >= 4 is 5.97 Å². The smallest absolute Gasteiger partial charge is 0.339 e. The van der Waals surface area contributed by atoms with Gasteiger partial charge in [0.2, 0.25) is 0 Å². The summed E-state index contributed by atoms with van der Waals surface area (Å²) in [4.78, 5) is 10.6. The van der Waals surface area contributed by atoms with E-state index >= 15 is 0 Å². The van der Waals surface area contributed by atoms with Gasteiger partial charge in [0, 0.05) is 0 Å². The topological polar surface area (TPSA) is 46.5 Å². The Hall–Kier alpha value is -1.51. The summed E-state index contributed by atoms with van der Waals surface area (Å²) in [7, 11) is 1.46. The van der Waals surface area contributed by atoms with E-state index < -0.39 is 5.97 Å². The number of hydrogen-bond donors (Lipinski definition) is 1. The fourth-order valence-corrected chi connectivity index (χ4v) is 0.975. The van der Waals surface area contributed by atoms with E-state index in [2.05, 4.69) is 0 Å². The predicted octanol–water partition coefficient (Wildman–Crippen LogP) is 3.75. The van der Waals surface area contributed by atoms with Crippen molar-refractivity contribution in [2.45, 2.75) is 34.6 Å². The van der Waals surface area contributed by atoms with E-state index in [0.29, 0.717) is 5.75 Å². The molecule has 0 saturated carbocycles. The fourth-order valence-electron chi connectivity index (χ4n) is 0.975. The number of aryl methyl sites for hydroxylation is 1. The van der Waals surface area contributed by atoms with Crippen LogP contribution in [0.3, 0.4) is 0 Å². The molecule has 0 aliphatic carbocycles. The van der Waals surface area contributed by atoms with Crippen LogP contribution >= 0.6 is 0 Å². The first kappa shape index (κ1) is 16.9. The van der Waals surface area contributed by atoms with Gasteiger partial charge in [-0.1, -0.05) is 33.8 Å². The number of methoxy groups -OCH3 is 1. The number of benzene rings is 1. The van der Waals surface area contributed by atoms with E-state index in [1.54, 1.807) is 12.1 Å². The number of ether oxygens (including phenoxy) is 1. The Balaban J connectivity index is 0. The second-order valence-electron chi connectivity index (χ2n) is 2.51. The quantitative estimate of drug-likeness (QED) is 0.835. The largest absolute Gasteiger partial charge is 0.496 e. The molecule has 3 nitrogen and oxygen atoms in total. The minimum Gasteiger partial charge on any atom is -0.496 e. The third-order valence-corrected chi connectivity index (χ3v) is 1.59. The minimum absolute atomic E-state index is 0.197. The first-order valence-electron chi connectivity index (χ1n) is 5.53. The number of carboxylic acid groups (broad SMARTS) is 1. The van der Waals surface area contributed by atoms with Gasteiger partial charge in [-0.25, -0.2) is 4.79 Å². The highest BCUT2D eigenvalue weighted by atomic mass is 16.5. The van der Waals surface area contributed by atoms with Gasteiger partial charge in [-0.05, 0) is 24.6 Å². The van der Waals surface area contributed by atoms with Gasteiger partial charge in [0.25, 0.3) is 0 Å². The standard InChI is InChI=1S/C9H10O3.2C2H6/c1-6-3-4-7(9(10)11)8(5-6)12-2;2*1-2/h3-5H,1-2H3,(H,10,11);2*1-2H3. The number of carbonyl (C=O) groups is 1. The van der Waals surface area contributed by atoms with Crippen LogP contribution in [0.1, 0.15) is 43.6 Å². The maximum atomic E-state index is 10.6. The maximum absolute atomic E-state index is 10.6. The molecule has 0 aromatic heterocycles. The Morgan fingerprint density at radius 1 is 1.19 bits per heavy atom. The number of carboxylic acids is 1. The molecule has 92 valence electrons. The Kier molecular flexibility index (Phi) is 10.6. The van der Waals surface area contributed by atoms with E-state index in [-0.39, 0.29) is 5.56 Å². The van der Waals surface area contributed by atoms with Crippen LogP contribution in [0, 0.1) is 6.92 Å². The van der Waals surface area contributed by atoms with Crippen LogP contribution in [0.5, 0.6) is 5.75 Å². The molecule has 3 heteroatoms. The molecule has 1 N–H and O–H groups in total. The van der Waals surface area contributed by atoms with Gasteiger partial charge in [-0.3, -0.25) is 0 Å². The summed E-state index contributed by atoms with van der Waals surface area (Å²) in [6.45, 7) is 9.88. The molecule has 0 amide bonds. The first-order chi connectivity index (χ1) is 7.65. The van der Waals surface area contributed by atoms with Gasteiger partial charge < -0.3 is 9.84 Å². The first-order valence-corrected chi connectivity index (χ1v) is 5.53. The average molecular weight is 226 g/mol. The van der Waals surface area contributed by atoms with Gasteiger partial charge in [0.05, 0.1) is 7.11 Å². The van der Waals surface area contributed by atoms with Crippen LogP contribution in [0.4, 0.5) is 0 Å². The molecule has 16 heavy (non-hydrogen) atoms. The van der Waals surface area contributed by atoms with Gasteiger partial charge in [0.1, 0.15) is 11.3 Å². The molecule has 1 aromatic rings. The number of aromatic carboxylic acids is 1. The highest BCUT2D eigenvalue weighted by Gasteiger charge is 2.09. The third kappa shape index (κ3) is 5.39. The van der Waals surface area contributed by atoms with E-state index in [4.69, 9.17) is 9.84 Å². The lowest BCUT2D eigenvalue weighted by atomic mass is 10.1. The monoisotopic (exact) mass is 226 g/mol. The summed E-state index contributed by atoms with van der Waals surface area (Å²) >= 11 is 0. The van der Waals surface area contributed by atoms with Gasteiger partial charge >= 0.3 is 5.97 Å². The lowest BCUT2D eigenvalue weighted by Gasteiger charge is -2.04. The third-order valence-electron chi connectivity index (χ3n) is 1.59. The van der Waals surface area contributed by atoms with Crippen molar-refractivity contribution in [1.29, 1.82) is 0 Å². The van der Waals surface area contributed by atoms with Crippen LogP contribution in [0.2, 0.25) is 0 Å². The molecule has 0 heterocycles. The molecule has 0 saturated heterocycles. The molecule has 0 radical (unpaired) electrons. The molecule has 1 rings (SSSR count). The molecular weight excluding hydrogens is 204 g/mol. The molecule has 0 aliphatic heterocycles. The second-order valence-corrected chi connectivity index (χ2v) is 2.51. The van der Waals surface area contributed by atoms with Crippen molar-refractivity contribution < 1.29 is 14.6 Å². The van der Waals surface area contributed by atoms with Gasteiger partial charge in [0.15, 0.2) is 0 Å². The summed E-state index contributed by atoms with van der Waals surface area (Å²) in [5.74, 6) is -0.561. The molecule has 0 unspecified atom stereocenters. The van der Waals surface area contributed by atoms with Crippen molar-refractivity contribution in [3.63, 3.8) is 0 Å². The summed E-state index contributed by atoms with van der Waals surface area (Å²) in [5.41, 5.74) is 1.18. The molecule has 0 bridgehead atoms. The van der Waals surface area contributed by atoms with E-state index in [0.717, 1.165) is 5.56 Å². The fraction of sp³-hybridized carbons (Fsp3) is 0.462. The van der Waals surface area contributed by atoms with Crippen LogP contribution < -0.4 is 4.74 Å².